The van der Waals surface area contributed by atoms with Crippen molar-refractivity contribution in [1.82, 2.24) is 14.9 Å². The van der Waals surface area contributed by atoms with Crippen molar-refractivity contribution < 1.29 is 14.7 Å². The van der Waals surface area contributed by atoms with Gasteiger partial charge < -0.3 is 15.7 Å². The fourth-order valence-electron chi connectivity index (χ4n) is 2.47. The Morgan fingerprint density at radius 2 is 2.00 bits per heavy atom. The van der Waals surface area contributed by atoms with Crippen LogP contribution in [0.2, 0.25) is 5.02 Å². The van der Waals surface area contributed by atoms with E-state index in [0.29, 0.717) is 27.1 Å². The average Bonchev–Trinajstić information content (AvgIpc) is 2.60. The van der Waals surface area contributed by atoms with Gasteiger partial charge in [0.15, 0.2) is 5.16 Å². The van der Waals surface area contributed by atoms with Gasteiger partial charge in [-0.05, 0) is 38.3 Å². The Morgan fingerprint density at radius 3 is 2.59 bits per heavy atom. The molecular formula is C19H23ClN4O4S. The van der Waals surface area contributed by atoms with Crippen molar-refractivity contribution >= 4 is 40.9 Å². The summed E-state index contributed by atoms with van der Waals surface area (Å²) >= 11 is 7.23. The molecule has 2 rings (SSSR count). The predicted molar refractivity (Wildman–Crippen MR) is 114 cm³/mol. The molecule has 8 nitrogen and oxygen atoms in total. The monoisotopic (exact) mass is 438 g/mol. The van der Waals surface area contributed by atoms with Crippen molar-refractivity contribution in [3.8, 4) is 11.3 Å². The molecule has 0 saturated carbocycles. The minimum Gasteiger partial charge on any atom is -0.389 e. The lowest BCUT2D eigenvalue weighted by Crippen LogP contribution is -2.41. The molecule has 1 heterocycles. The number of halogens is 1. The lowest BCUT2D eigenvalue weighted by atomic mass is 10.1. The molecule has 0 radical (unpaired) electrons. The number of aliphatic hydroxyl groups is 1. The number of benzene rings is 1. The first-order chi connectivity index (χ1) is 13.5. The zero-order valence-corrected chi connectivity index (χ0v) is 18.1. The normalized spacial score (nSPS) is 11.2. The van der Waals surface area contributed by atoms with Crippen LogP contribution in [0.25, 0.3) is 11.3 Å². The van der Waals surface area contributed by atoms with Gasteiger partial charge in [0.2, 0.25) is 11.8 Å². The van der Waals surface area contributed by atoms with Crippen LogP contribution in [0.1, 0.15) is 20.8 Å². The maximum Gasteiger partial charge on any atom is 0.255 e. The van der Waals surface area contributed by atoms with Gasteiger partial charge >= 0.3 is 0 Å². The molecule has 0 bridgehead atoms. The van der Waals surface area contributed by atoms with Gasteiger partial charge in [0.1, 0.15) is 6.54 Å². The topological polar surface area (TPSA) is 113 Å². The highest BCUT2D eigenvalue weighted by atomic mass is 35.5. The van der Waals surface area contributed by atoms with E-state index < -0.39 is 17.1 Å². The van der Waals surface area contributed by atoms with Crippen LogP contribution < -0.4 is 16.2 Å². The molecule has 0 aliphatic carbocycles. The molecule has 0 spiro atoms. The number of nitrogens with zero attached hydrogens (tertiary/aromatic N) is 2. The van der Waals surface area contributed by atoms with E-state index in [4.69, 9.17) is 11.6 Å². The van der Waals surface area contributed by atoms with Crippen molar-refractivity contribution in [3.63, 3.8) is 0 Å². The second kappa shape index (κ2) is 9.43. The quantitative estimate of drug-likeness (QED) is 0.451. The summed E-state index contributed by atoms with van der Waals surface area (Å²) < 4.78 is 1.25. The Morgan fingerprint density at radius 1 is 1.31 bits per heavy atom. The number of hydrogen-bond acceptors (Lipinski definition) is 6. The molecule has 0 aliphatic rings. The van der Waals surface area contributed by atoms with E-state index in [0.717, 1.165) is 0 Å². The predicted octanol–water partition coefficient (Wildman–Crippen LogP) is 2.13. The molecule has 3 N–H and O–H groups in total. The highest BCUT2D eigenvalue weighted by Crippen LogP contribution is 2.30. The van der Waals surface area contributed by atoms with E-state index in [2.05, 4.69) is 15.6 Å². The zero-order valence-electron chi connectivity index (χ0n) is 16.6. The number of carbonyl (C=O) groups excluding carboxylic acids is 2. The Bertz CT molecular complexity index is 985. The summed E-state index contributed by atoms with van der Waals surface area (Å²) in [5, 5.41) is 15.8. The second-order valence-electron chi connectivity index (χ2n) is 7.01. The Labute approximate surface area is 177 Å². The number of anilines is 1. The molecule has 10 heteroatoms. The van der Waals surface area contributed by atoms with Gasteiger partial charge in [-0.25, -0.2) is 4.98 Å². The van der Waals surface area contributed by atoms with Crippen LogP contribution in [0, 0.1) is 0 Å². The molecule has 0 atom stereocenters. The third-order valence-electron chi connectivity index (χ3n) is 3.74. The molecule has 0 unspecified atom stereocenters. The largest absolute Gasteiger partial charge is 0.389 e. The van der Waals surface area contributed by atoms with Crippen molar-refractivity contribution in [3.05, 3.63) is 39.6 Å². The number of thioether (sulfide) groups is 1. The summed E-state index contributed by atoms with van der Waals surface area (Å²) in [6, 6.07) is 6.18. The van der Waals surface area contributed by atoms with Crippen molar-refractivity contribution in [1.29, 1.82) is 0 Å². The van der Waals surface area contributed by atoms with Gasteiger partial charge in [-0.15, -0.1) is 0 Å². The third-order valence-corrected chi connectivity index (χ3v) is 4.66. The zero-order chi connectivity index (χ0) is 21.8. The number of carbonyl (C=O) groups is 2. The minimum absolute atomic E-state index is 0.0611. The van der Waals surface area contributed by atoms with Crippen LogP contribution >= 0.6 is 23.4 Å². The molecular weight excluding hydrogens is 416 g/mol. The standard InChI is InChI=1S/C19H23ClN4O4S/c1-11(25)22-14-7-12(20)5-6-13(14)15-8-17(27)24(18(23-15)29-4)9-16(26)21-10-19(2,3)28/h5-8,28H,9-10H2,1-4H3,(H,21,26)(H,22,25). The average molecular weight is 439 g/mol. The first kappa shape index (κ1) is 22.9. The number of rotatable bonds is 7. The molecule has 156 valence electrons. The molecule has 2 aromatic rings. The fraction of sp³-hybridized carbons (Fsp3) is 0.368. The first-order valence-corrected chi connectivity index (χ1v) is 10.3. The SMILES string of the molecule is CSc1nc(-c2ccc(Cl)cc2NC(C)=O)cc(=O)n1CC(=O)NCC(C)(C)O. The molecule has 1 aromatic heterocycles. The van der Waals surface area contributed by atoms with Gasteiger partial charge in [0.05, 0.1) is 17.0 Å². The van der Waals surface area contributed by atoms with E-state index in [-0.39, 0.29) is 19.0 Å². The van der Waals surface area contributed by atoms with Crippen molar-refractivity contribution in [2.24, 2.45) is 0 Å². The van der Waals surface area contributed by atoms with Gasteiger partial charge in [-0.1, -0.05) is 23.4 Å². The second-order valence-corrected chi connectivity index (χ2v) is 8.22. The molecule has 0 fully saturated rings. The Balaban J connectivity index is 2.40. The van der Waals surface area contributed by atoms with Crippen LogP contribution in [-0.4, -0.2) is 44.9 Å². The molecule has 0 saturated heterocycles. The Hall–Kier alpha value is -2.36. The third kappa shape index (κ3) is 6.59. The molecule has 29 heavy (non-hydrogen) atoms. The smallest absolute Gasteiger partial charge is 0.255 e. The van der Waals surface area contributed by atoms with Crippen LogP contribution in [-0.2, 0) is 16.1 Å². The maximum atomic E-state index is 12.7. The summed E-state index contributed by atoms with van der Waals surface area (Å²) in [5.74, 6) is -0.695. The number of amides is 2. The highest BCUT2D eigenvalue weighted by Gasteiger charge is 2.17. The lowest BCUT2D eigenvalue weighted by molar-refractivity contribution is -0.122. The summed E-state index contributed by atoms with van der Waals surface area (Å²) in [6.45, 7) is 4.35. The van der Waals surface area contributed by atoms with Crippen molar-refractivity contribution in [2.45, 2.75) is 38.1 Å². The first-order valence-electron chi connectivity index (χ1n) is 8.72. The Kier molecular flexibility index (Phi) is 7.45. The maximum absolute atomic E-state index is 12.7. The fourth-order valence-corrected chi connectivity index (χ4v) is 3.21. The van der Waals surface area contributed by atoms with Crippen LogP contribution in [0.3, 0.4) is 0 Å². The lowest BCUT2D eigenvalue weighted by Gasteiger charge is -2.18. The summed E-state index contributed by atoms with van der Waals surface area (Å²) in [4.78, 5) is 40.8. The van der Waals surface area contributed by atoms with E-state index in [1.54, 1.807) is 38.3 Å². The van der Waals surface area contributed by atoms with Crippen LogP contribution in [0.15, 0.2) is 34.2 Å². The van der Waals surface area contributed by atoms with Gasteiger partial charge in [0, 0.05) is 30.1 Å². The highest BCUT2D eigenvalue weighted by molar-refractivity contribution is 7.98. The summed E-state index contributed by atoms with van der Waals surface area (Å²) in [6.07, 6.45) is 1.74. The van der Waals surface area contributed by atoms with Gasteiger partial charge in [-0.2, -0.15) is 0 Å². The number of nitrogens with one attached hydrogen (secondary N) is 2. The van der Waals surface area contributed by atoms with Gasteiger partial charge in [-0.3, -0.25) is 19.0 Å². The van der Waals surface area contributed by atoms with E-state index in [9.17, 15) is 19.5 Å². The molecule has 0 aliphatic heterocycles. The molecule has 2 amide bonds. The number of hydrogen-bond donors (Lipinski definition) is 3. The van der Waals surface area contributed by atoms with Crippen LogP contribution in [0.5, 0.6) is 0 Å². The van der Waals surface area contributed by atoms with E-state index in [1.807, 2.05) is 0 Å². The van der Waals surface area contributed by atoms with E-state index in [1.165, 1.54) is 29.3 Å². The summed E-state index contributed by atoms with van der Waals surface area (Å²) in [7, 11) is 0. The molecule has 1 aromatic carbocycles. The van der Waals surface area contributed by atoms with Crippen LogP contribution in [0.4, 0.5) is 5.69 Å². The van der Waals surface area contributed by atoms with E-state index >= 15 is 0 Å². The van der Waals surface area contributed by atoms with Gasteiger partial charge in [0.25, 0.3) is 5.56 Å². The number of aromatic nitrogens is 2. The van der Waals surface area contributed by atoms with Crippen molar-refractivity contribution in [2.75, 3.05) is 18.1 Å². The summed E-state index contributed by atoms with van der Waals surface area (Å²) in [5.41, 5.74) is -0.144. The minimum atomic E-state index is -1.06.